The van der Waals surface area contributed by atoms with E-state index in [2.05, 4.69) is 4.98 Å². The number of amides is 1. The van der Waals surface area contributed by atoms with Gasteiger partial charge in [-0.2, -0.15) is 0 Å². The fraction of sp³-hybridized carbons (Fsp3) is 0.467. The normalized spacial score (nSPS) is 20.4. The fourth-order valence-electron chi connectivity index (χ4n) is 2.93. The van der Waals surface area contributed by atoms with Gasteiger partial charge in [-0.25, -0.2) is 13.4 Å². The highest BCUT2D eigenvalue weighted by molar-refractivity contribution is 7.91. The Hall–Kier alpha value is -1.89. The number of oxazole rings is 1. The minimum absolute atomic E-state index is 0.0535. The van der Waals surface area contributed by atoms with Crippen molar-refractivity contribution in [2.75, 3.05) is 18.1 Å². The Bertz CT molecular complexity index is 825. The Kier molecular flexibility index (Phi) is 3.68. The molecule has 0 saturated carbocycles. The summed E-state index contributed by atoms with van der Waals surface area (Å²) in [6, 6.07) is 4.88. The van der Waals surface area contributed by atoms with E-state index >= 15 is 0 Å². The zero-order valence-electron chi connectivity index (χ0n) is 12.6. The molecule has 1 aromatic carbocycles. The minimum atomic E-state index is -3.02. The van der Waals surface area contributed by atoms with Crippen molar-refractivity contribution in [1.29, 1.82) is 0 Å². The highest BCUT2D eigenvalue weighted by Crippen LogP contribution is 2.22. The third-order valence-electron chi connectivity index (χ3n) is 3.99. The molecule has 0 spiro atoms. The van der Waals surface area contributed by atoms with Gasteiger partial charge in [-0.05, 0) is 31.5 Å². The smallest absolute Gasteiger partial charge is 0.254 e. The molecule has 1 amide bonds. The van der Waals surface area contributed by atoms with Gasteiger partial charge in [-0.3, -0.25) is 4.79 Å². The number of fused-ring (bicyclic) bond motifs is 1. The predicted molar refractivity (Wildman–Crippen MR) is 82.5 cm³/mol. The highest BCUT2D eigenvalue weighted by Gasteiger charge is 2.34. The van der Waals surface area contributed by atoms with Gasteiger partial charge in [0, 0.05) is 25.1 Å². The molecule has 1 fully saturated rings. The van der Waals surface area contributed by atoms with Crippen LogP contribution in [0.3, 0.4) is 0 Å². The van der Waals surface area contributed by atoms with Crippen molar-refractivity contribution in [1.82, 2.24) is 9.88 Å². The SMILES string of the molecule is CCN(C(=O)c1ccc2oc(C)nc2c1)C1CCS(=O)(=O)C1. The number of carbonyl (C=O) groups excluding carboxylic acids is 1. The average molecular weight is 322 g/mol. The summed E-state index contributed by atoms with van der Waals surface area (Å²) >= 11 is 0. The summed E-state index contributed by atoms with van der Waals surface area (Å²) in [4.78, 5) is 18.6. The molecule has 2 heterocycles. The largest absolute Gasteiger partial charge is 0.441 e. The molecule has 2 aromatic rings. The Balaban J connectivity index is 1.89. The second-order valence-corrected chi connectivity index (χ2v) is 7.79. The van der Waals surface area contributed by atoms with E-state index < -0.39 is 9.84 Å². The van der Waals surface area contributed by atoms with Crippen LogP contribution in [0.5, 0.6) is 0 Å². The molecular weight excluding hydrogens is 304 g/mol. The van der Waals surface area contributed by atoms with Crippen LogP contribution in [-0.2, 0) is 9.84 Å². The van der Waals surface area contributed by atoms with E-state index in [0.717, 1.165) is 0 Å². The van der Waals surface area contributed by atoms with Crippen LogP contribution in [0.25, 0.3) is 11.1 Å². The molecule has 0 aliphatic carbocycles. The molecule has 0 radical (unpaired) electrons. The monoisotopic (exact) mass is 322 g/mol. The Morgan fingerprint density at radius 2 is 2.23 bits per heavy atom. The van der Waals surface area contributed by atoms with Gasteiger partial charge < -0.3 is 9.32 Å². The first-order chi connectivity index (χ1) is 10.4. The summed E-state index contributed by atoms with van der Waals surface area (Å²) in [6.45, 7) is 4.10. The summed E-state index contributed by atoms with van der Waals surface area (Å²) in [6.07, 6.45) is 0.507. The summed E-state index contributed by atoms with van der Waals surface area (Å²) in [7, 11) is -3.02. The van der Waals surface area contributed by atoms with Gasteiger partial charge in [0.2, 0.25) is 0 Å². The molecule has 1 aliphatic rings. The van der Waals surface area contributed by atoms with E-state index in [1.807, 2.05) is 6.92 Å². The molecule has 1 atom stereocenters. The van der Waals surface area contributed by atoms with Crippen molar-refractivity contribution in [2.24, 2.45) is 0 Å². The molecule has 0 bridgehead atoms. The molecule has 22 heavy (non-hydrogen) atoms. The lowest BCUT2D eigenvalue weighted by Crippen LogP contribution is -2.40. The third kappa shape index (κ3) is 2.72. The van der Waals surface area contributed by atoms with E-state index in [0.29, 0.717) is 35.5 Å². The molecule has 7 heteroatoms. The summed E-state index contributed by atoms with van der Waals surface area (Å²) in [5.74, 6) is 0.599. The van der Waals surface area contributed by atoms with Gasteiger partial charge in [0.15, 0.2) is 21.3 Å². The number of sulfone groups is 1. The highest BCUT2D eigenvalue weighted by atomic mass is 32.2. The second-order valence-electron chi connectivity index (χ2n) is 5.56. The maximum absolute atomic E-state index is 12.7. The quantitative estimate of drug-likeness (QED) is 0.860. The van der Waals surface area contributed by atoms with Gasteiger partial charge in [-0.1, -0.05) is 0 Å². The number of hydrogen-bond donors (Lipinski definition) is 0. The number of aromatic nitrogens is 1. The average Bonchev–Trinajstić information content (AvgIpc) is 3.00. The predicted octanol–water partition coefficient (Wildman–Crippen LogP) is 1.79. The number of nitrogens with zero attached hydrogens (tertiary/aromatic N) is 2. The maximum Gasteiger partial charge on any atom is 0.254 e. The van der Waals surface area contributed by atoms with Gasteiger partial charge >= 0.3 is 0 Å². The standard InChI is InChI=1S/C15H18N2O4S/c1-3-17(12-6-7-22(19,20)9-12)15(18)11-4-5-14-13(8-11)16-10(2)21-14/h4-5,8,12H,3,6-7,9H2,1-2H3. The topological polar surface area (TPSA) is 80.5 Å². The molecule has 1 aromatic heterocycles. The summed E-state index contributed by atoms with van der Waals surface area (Å²) in [5, 5.41) is 0. The van der Waals surface area contributed by atoms with Crippen molar-refractivity contribution in [3.8, 4) is 0 Å². The number of hydrogen-bond acceptors (Lipinski definition) is 5. The van der Waals surface area contributed by atoms with Crippen molar-refractivity contribution in [3.63, 3.8) is 0 Å². The van der Waals surface area contributed by atoms with E-state index in [1.165, 1.54) is 0 Å². The summed E-state index contributed by atoms with van der Waals surface area (Å²) < 4.78 is 28.7. The first-order valence-electron chi connectivity index (χ1n) is 7.28. The molecule has 1 unspecified atom stereocenters. The number of aryl methyl sites for hydroxylation is 1. The van der Waals surface area contributed by atoms with E-state index in [9.17, 15) is 13.2 Å². The molecule has 0 N–H and O–H groups in total. The number of carbonyl (C=O) groups is 1. The lowest BCUT2D eigenvalue weighted by atomic mass is 10.1. The first-order valence-corrected chi connectivity index (χ1v) is 9.10. The molecule has 3 rings (SSSR count). The van der Waals surface area contributed by atoms with Crippen LogP contribution in [0.1, 0.15) is 29.6 Å². The molecule has 6 nitrogen and oxygen atoms in total. The van der Waals surface area contributed by atoms with Crippen molar-refractivity contribution >= 4 is 26.8 Å². The van der Waals surface area contributed by atoms with E-state index in [1.54, 1.807) is 30.0 Å². The van der Waals surface area contributed by atoms with Crippen LogP contribution in [0, 0.1) is 6.92 Å². The molecule has 118 valence electrons. The second kappa shape index (κ2) is 5.39. The molecular formula is C15H18N2O4S. The maximum atomic E-state index is 12.7. The van der Waals surface area contributed by atoms with Crippen molar-refractivity contribution < 1.29 is 17.6 Å². The lowest BCUT2D eigenvalue weighted by Gasteiger charge is -2.26. The van der Waals surface area contributed by atoms with Crippen LogP contribution in [0.2, 0.25) is 0 Å². The van der Waals surface area contributed by atoms with Crippen LogP contribution in [0.4, 0.5) is 0 Å². The third-order valence-corrected chi connectivity index (χ3v) is 5.74. The van der Waals surface area contributed by atoms with Gasteiger partial charge in [0.25, 0.3) is 5.91 Å². The van der Waals surface area contributed by atoms with Crippen LogP contribution < -0.4 is 0 Å². The molecule has 1 saturated heterocycles. The van der Waals surface area contributed by atoms with Gasteiger partial charge in [0.05, 0.1) is 11.5 Å². The van der Waals surface area contributed by atoms with Crippen molar-refractivity contribution in [3.05, 3.63) is 29.7 Å². The Labute approximate surface area is 129 Å². The zero-order valence-corrected chi connectivity index (χ0v) is 13.4. The number of benzene rings is 1. The van der Waals surface area contributed by atoms with E-state index in [4.69, 9.17) is 4.42 Å². The van der Waals surface area contributed by atoms with E-state index in [-0.39, 0.29) is 23.5 Å². The van der Waals surface area contributed by atoms with Gasteiger partial charge in [0.1, 0.15) is 5.52 Å². The molecule has 1 aliphatic heterocycles. The van der Waals surface area contributed by atoms with Crippen LogP contribution in [-0.4, -0.2) is 48.3 Å². The van der Waals surface area contributed by atoms with Gasteiger partial charge in [-0.15, -0.1) is 0 Å². The van der Waals surface area contributed by atoms with Crippen LogP contribution >= 0.6 is 0 Å². The summed E-state index contributed by atoms with van der Waals surface area (Å²) in [5.41, 5.74) is 1.78. The Morgan fingerprint density at radius 3 is 2.86 bits per heavy atom. The van der Waals surface area contributed by atoms with Crippen molar-refractivity contribution in [2.45, 2.75) is 26.3 Å². The minimum Gasteiger partial charge on any atom is -0.441 e. The Morgan fingerprint density at radius 1 is 1.45 bits per heavy atom. The first kappa shape index (κ1) is 15.0. The lowest BCUT2D eigenvalue weighted by molar-refractivity contribution is 0.0708. The fourth-order valence-corrected chi connectivity index (χ4v) is 4.66. The van der Waals surface area contributed by atoms with Crippen LogP contribution in [0.15, 0.2) is 22.6 Å². The number of rotatable bonds is 3. The zero-order chi connectivity index (χ0) is 15.9.